The van der Waals surface area contributed by atoms with Crippen LogP contribution >= 0.6 is 0 Å². The first-order valence-electron chi connectivity index (χ1n) is 5.07. The summed E-state index contributed by atoms with van der Waals surface area (Å²) in [4.78, 5) is 2.38. The molecule has 72 valence electrons. The molecule has 0 radical (unpaired) electrons. The minimum Gasteiger partial charge on any atom is -0.306 e. The van der Waals surface area contributed by atoms with Gasteiger partial charge in [-0.05, 0) is 44.7 Å². The number of rotatable bonds is 1. The summed E-state index contributed by atoms with van der Waals surface area (Å²) >= 11 is 0. The van der Waals surface area contributed by atoms with E-state index in [4.69, 9.17) is 0 Å². The van der Waals surface area contributed by atoms with Crippen LogP contribution in [-0.4, -0.2) is 25.0 Å². The highest BCUT2D eigenvalue weighted by Crippen LogP contribution is 2.40. The van der Waals surface area contributed by atoms with Crippen molar-refractivity contribution in [1.29, 1.82) is 0 Å². The topological polar surface area (TPSA) is 3.24 Å². The van der Waals surface area contributed by atoms with E-state index in [1.807, 2.05) is 0 Å². The summed E-state index contributed by atoms with van der Waals surface area (Å²) in [6.07, 6.45) is 4.22. The van der Waals surface area contributed by atoms with Gasteiger partial charge in [-0.25, -0.2) is 0 Å². The van der Waals surface area contributed by atoms with Gasteiger partial charge in [0.15, 0.2) is 0 Å². The molecule has 1 aliphatic rings. The zero-order valence-electron chi connectivity index (χ0n) is 9.22. The Kier molecular flexibility index (Phi) is 2.82. The Balaban J connectivity index is 2.46. The normalized spacial score (nSPS) is 31.5. The SMILES string of the molecule is CN(C)[C@@H]1CCC(C(C)(C)C)C1. The molecule has 0 bridgehead atoms. The van der Waals surface area contributed by atoms with Crippen molar-refractivity contribution < 1.29 is 0 Å². The zero-order chi connectivity index (χ0) is 9.35. The molecule has 1 unspecified atom stereocenters. The van der Waals surface area contributed by atoms with Crippen LogP contribution in [0.15, 0.2) is 0 Å². The van der Waals surface area contributed by atoms with E-state index in [1.165, 1.54) is 19.3 Å². The molecular weight excluding hydrogens is 146 g/mol. The third-order valence-electron chi connectivity index (χ3n) is 3.36. The van der Waals surface area contributed by atoms with Crippen molar-refractivity contribution in [2.45, 2.75) is 46.1 Å². The molecule has 1 saturated carbocycles. The highest BCUT2D eigenvalue weighted by molar-refractivity contribution is 4.86. The van der Waals surface area contributed by atoms with E-state index in [1.54, 1.807) is 0 Å². The highest BCUT2D eigenvalue weighted by atomic mass is 15.1. The van der Waals surface area contributed by atoms with Crippen molar-refractivity contribution in [1.82, 2.24) is 4.90 Å². The average Bonchev–Trinajstić information content (AvgIpc) is 2.30. The van der Waals surface area contributed by atoms with Crippen molar-refractivity contribution >= 4 is 0 Å². The van der Waals surface area contributed by atoms with E-state index in [0.29, 0.717) is 5.41 Å². The van der Waals surface area contributed by atoms with Crippen molar-refractivity contribution in [2.75, 3.05) is 14.1 Å². The molecular formula is C11H23N. The van der Waals surface area contributed by atoms with Crippen LogP contribution in [0.3, 0.4) is 0 Å². The number of hydrogen-bond acceptors (Lipinski definition) is 1. The van der Waals surface area contributed by atoms with E-state index < -0.39 is 0 Å². The van der Waals surface area contributed by atoms with Crippen molar-refractivity contribution in [3.8, 4) is 0 Å². The summed E-state index contributed by atoms with van der Waals surface area (Å²) in [7, 11) is 4.41. The summed E-state index contributed by atoms with van der Waals surface area (Å²) < 4.78 is 0. The van der Waals surface area contributed by atoms with Crippen LogP contribution in [0.2, 0.25) is 0 Å². The molecule has 0 saturated heterocycles. The maximum atomic E-state index is 2.38. The van der Waals surface area contributed by atoms with Gasteiger partial charge < -0.3 is 4.90 Å². The number of nitrogens with zero attached hydrogens (tertiary/aromatic N) is 1. The highest BCUT2D eigenvalue weighted by Gasteiger charge is 2.33. The van der Waals surface area contributed by atoms with Crippen LogP contribution in [0.4, 0.5) is 0 Å². The number of hydrogen-bond donors (Lipinski definition) is 0. The molecule has 12 heavy (non-hydrogen) atoms. The lowest BCUT2D eigenvalue weighted by Crippen LogP contribution is -2.26. The maximum absolute atomic E-state index is 2.38. The van der Waals surface area contributed by atoms with Gasteiger partial charge >= 0.3 is 0 Å². The molecule has 0 spiro atoms. The van der Waals surface area contributed by atoms with Gasteiger partial charge in [-0.2, -0.15) is 0 Å². The Hall–Kier alpha value is -0.0400. The minimum absolute atomic E-state index is 0.519. The lowest BCUT2D eigenvalue weighted by Gasteiger charge is -2.27. The second-order valence-corrected chi connectivity index (χ2v) is 5.49. The standard InChI is InChI=1S/C11H23N/c1-11(2,3)9-6-7-10(8-9)12(4)5/h9-10H,6-8H2,1-5H3/t9?,10-/m1/s1. The monoisotopic (exact) mass is 169 g/mol. The fraction of sp³-hybridized carbons (Fsp3) is 1.00. The molecule has 0 aromatic carbocycles. The predicted molar refractivity (Wildman–Crippen MR) is 54.3 cm³/mol. The second-order valence-electron chi connectivity index (χ2n) is 5.49. The fourth-order valence-electron chi connectivity index (χ4n) is 2.21. The Morgan fingerprint density at radius 3 is 1.92 bits per heavy atom. The van der Waals surface area contributed by atoms with E-state index in [2.05, 4.69) is 39.8 Å². The predicted octanol–water partition coefficient (Wildman–Crippen LogP) is 2.76. The van der Waals surface area contributed by atoms with Gasteiger partial charge in [-0.3, -0.25) is 0 Å². The summed E-state index contributed by atoms with van der Waals surface area (Å²) in [6.45, 7) is 7.11. The van der Waals surface area contributed by atoms with Crippen LogP contribution in [0, 0.1) is 11.3 Å². The van der Waals surface area contributed by atoms with Crippen LogP contribution in [0.1, 0.15) is 40.0 Å². The lowest BCUT2D eigenvalue weighted by atomic mass is 9.80. The summed E-state index contributed by atoms with van der Waals surface area (Å²) in [5, 5.41) is 0. The average molecular weight is 169 g/mol. The summed E-state index contributed by atoms with van der Waals surface area (Å²) in [5.74, 6) is 0.935. The molecule has 1 rings (SSSR count). The first-order valence-corrected chi connectivity index (χ1v) is 5.07. The maximum Gasteiger partial charge on any atom is 0.00921 e. The third kappa shape index (κ3) is 2.22. The van der Waals surface area contributed by atoms with E-state index in [9.17, 15) is 0 Å². The summed E-state index contributed by atoms with van der Waals surface area (Å²) in [6, 6.07) is 0.842. The fourth-order valence-corrected chi connectivity index (χ4v) is 2.21. The summed E-state index contributed by atoms with van der Waals surface area (Å²) in [5.41, 5.74) is 0.519. The minimum atomic E-state index is 0.519. The molecule has 1 aliphatic carbocycles. The Bertz CT molecular complexity index is 144. The zero-order valence-corrected chi connectivity index (χ0v) is 9.22. The molecule has 0 aromatic heterocycles. The lowest BCUT2D eigenvalue weighted by molar-refractivity contribution is 0.221. The van der Waals surface area contributed by atoms with Gasteiger partial charge in [-0.15, -0.1) is 0 Å². The van der Waals surface area contributed by atoms with Crippen molar-refractivity contribution in [3.05, 3.63) is 0 Å². The van der Waals surface area contributed by atoms with E-state index in [-0.39, 0.29) is 0 Å². The molecule has 0 heterocycles. The molecule has 2 atom stereocenters. The van der Waals surface area contributed by atoms with Crippen LogP contribution in [-0.2, 0) is 0 Å². The molecule has 0 aromatic rings. The molecule has 0 N–H and O–H groups in total. The Labute approximate surface area is 77.1 Å². The van der Waals surface area contributed by atoms with Gasteiger partial charge in [0, 0.05) is 6.04 Å². The van der Waals surface area contributed by atoms with Crippen LogP contribution in [0.5, 0.6) is 0 Å². The van der Waals surface area contributed by atoms with Gasteiger partial charge in [0.1, 0.15) is 0 Å². The van der Waals surface area contributed by atoms with Crippen molar-refractivity contribution in [2.24, 2.45) is 11.3 Å². The molecule has 0 amide bonds. The Morgan fingerprint density at radius 1 is 1.08 bits per heavy atom. The van der Waals surface area contributed by atoms with Gasteiger partial charge in [0.2, 0.25) is 0 Å². The third-order valence-corrected chi connectivity index (χ3v) is 3.36. The van der Waals surface area contributed by atoms with Crippen LogP contribution in [0.25, 0.3) is 0 Å². The second kappa shape index (κ2) is 3.37. The largest absolute Gasteiger partial charge is 0.306 e. The quantitative estimate of drug-likeness (QED) is 0.583. The first-order chi connectivity index (χ1) is 5.41. The molecule has 1 fully saturated rings. The molecule has 1 nitrogen and oxygen atoms in total. The van der Waals surface area contributed by atoms with E-state index >= 15 is 0 Å². The van der Waals surface area contributed by atoms with Gasteiger partial charge in [0.05, 0.1) is 0 Å². The smallest absolute Gasteiger partial charge is 0.00921 e. The van der Waals surface area contributed by atoms with Crippen LogP contribution < -0.4 is 0 Å². The molecule has 1 heteroatoms. The van der Waals surface area contributed by atoms with Gasteiger partial charge in [-0.1, -0.05) is 20.8 Å². The molecule has 0 aliphatic heterocycles. The van der Waals surface area contributed by atoms with Gasteiger partial charge in [0.25, 0.3) is 0 Å². The Morgan fingerprint density at radius 2 is 1.67 bits per heavy atom. The van der Waals surface area contributed by atoms with Crippen molar-refractivity contribution in [3.63, 3.8) is 0 Å². The first kappa shape index (κ1) is 10.0. The van der Waals surface area contributed by atoms with E-state index in [0.717, 1.165) is 12.0 Å².